The normalized spacial score (nSPS) is 11.9. The van der Waals surface area contributed by atoms with Crippen molar-refractivity contribution in [1.29, 1.82) is 0 Å². The predicted molar refractivity (Wildman–Crippen MR) is 135 cm³/mol. The molecule has 0 heterocycles. The SMILES string of the molecule is CCNC(=NCCC(O)c1ccccc1)NCCC(=O)Nc1ccc(C)cc1Cl.I. The molecular weight excluding hydrogens is 515 g/mol. The van der Waals surface area contributed by atoms with E-state index in [0.29, 0.717) is 42.7 Å². The summed E-state index contributed by atoms with van der Waals surface area (Å²) < 4.78 is 0. The lowest BCUT2D eigenvalue weighted by Gasteiger charge is -2.13. The molecule has 1 unspecified atom stereocenters. The summed E-state index contributed by atoms with van der Waals surface area (Å²) in [6.45, 7) is 5.53. The van der Waals surface area contributed by atoms with Gasteiger partial charge in [0.1, 0.15) is 0 Å². The molecule has 8 heteroatoms. The number of nitrogens with one attached hydrogen (secondary N) is 3. The van der Waals surface area contributed by atoms with Crippen molar-refractivity contribution >= 4 is 53.1 Å². The van der Waals surface area contributed by atoms with Crippen LogP contribution < -0.4 is 16.0 Å². The van der Waals surface area contributed by atoms with Crippen LogP contribution in [0.5, 0.6) is 0 Å². The molecule has 0 radical (unpaired) electrons. The topological polar surface area (TPSA) is 85.8 Å². The second-order valence-corrected chi connectivity index (χ2v) is 7.09. The van der Waals surface area contributed by atoms with Gasteiger partial charge < -0.3 is 21.1 Å². The maximum Gasteiger partial charge on any atom is 0.226 e. The number of hydrogen-bond donors (Lipinski definition) is 4. The van der Waals surface area contributed by atoms with Gasteiger partial charge in [0.2, 0.25) is 5.91 Å². The largest absolute Gasteiger partial charge is 0.388 e. The summed E-state index contributed by atoms with van der Waals surface area (Å²) in [4.78, 5) is 16.6. The number of carbonyl (C=O) groups excluding carboxylic acids is 1. The lowest BCUT2D eigenvalue weighted by Crippen LogP contribution is -2.38. The molecule has 0 bridgehead atoms. The van der Waals surface area contributed by atoms with E-state index < -0.39 is 6.10 Å². The highest BCUT2D eigenvalue weighted by atomic mass is 127. The smallest absolute Gasteiger partial charge is 0.226 e. The Morgan fingerprint density at radius 3 is 2.57 bits per heavy atom. The molecule has 0 aliphatic heterocycles. The quantitative estimate of drug-likeness (QED) is 0.216. The van der Waals surface area contributed by atoms with E-state index in [1.807, 2.05) is 56.3 Å². The van der Waals surface area contributed by atoms with Crippen molar-refractivity contribution in [3.05, 3.63) is 64.7 Å². The molecule has 164 valence electrons. The number of carbonyl (C=O) groups is 1. The van der Waals surface area contributed by atoms with Crippen LogP contribution in [0.4, 0.5) is 5.69 Å². The van der Waals surface area contributed by atoms with Crippen molar-refractivity contribution in [1.82, 2.24) is 10.6 Å². The number of aliphatic hydroxyl groups excluding tert-OH is 1. The summed E-state index contributed by atoms with van der Waals surface area (Å²) in [7, 11) is 0. The number of anilines is 1. The monoisotopic (exact) mass is 544 g/mol. The molecule has 0 aliphatic carbocycles. The van der Waals surface area contributed by atoms with E-state index in [-0.39, 0.29) is 36.3 Å². The van der Waals surface area contributed by atoms with Gasteiger partial charge in [-0.2, -0.15) is 0 Å². The first kappa shape index (κ1) is 26.2. The van der Waals surface area contributed by atoms with Crippen LogP contribution in [0, 0.1) is 6.92 Å². The zero-order chi connectivity index (χ0) is 21.1. The lowest BCUT2D eigenvalue weighted by molar-refractivity contribution is -0.116. The molecular formula is C22H30ClIN4O2. The number of rotatable bonds is 9. The fourth-order valence-corrected chi connectivity index (χ4v) is 2.99. The van der Waals surface area contributed by atoms with Crippen LogP contribution in [0.25, 0.3) is 0 Å². The minimum absolute atomic E-state index is 0. The van der Waals surface area contributed by atoms with Gasteiger partial charge in [-0.1, -0.05) is 48.0 Å². The fourth-order valence-electron chi connectivity index (χ4n) is 2.71. The highest BCUT2D eigenvalue weighted by molar-refractivity contribution is 14.0. The summed E-state index contributed by atoms with van der Waals surface area (Å²) in [6.07, 6.45) is 0.252. The van der Waals surface area contributed by atoms with Gasteiger partial charge in [-0.25, -0.2) is 0 Å². The van der Waals surface area contributed by atoms with E-state index in [2.05, 4.69) is 20.9 Å². The number of halogens is 2. The van der Waals surface area contributed by atoms with Gasteiger partial charge in [0.25, 0.3) is 0 Å². The first-order valence-electron chi connectivity index (χ1n) is 9.80. The number of amides is 1. The molecule has 4 N–H and O–H groups in total. The minimum Gasteiger partial charge on any atom is -0.388 e. The van der Waals surface area contributed by atoms with Gasteiger partial charge in [0.05, 0.1) is 16.8 Å². The van der Waals surface area contributed by atoms with Crippen LogP contribution in [-0.2, 0) is 4.79 Å². The molecule has 2 rings (SSSR count). The molecule has 0 fully saturated rings. The number of hydrogen-bond acceptors (Lipinski definition) is 3. The maximum atomic E-state index is 12.1. The van der Waals surface area contributed by atoms with Gasteiger partial charge in [0, 0.05) is 26.1 Å². The molecule has 0 spiro atoms. The number of aliphatic imine (C=N–C) groups is 1. The molecule has 1 amide bonds. The summed E-state index contributed by atoms with van der Waals surface area (Å²) in [6, 6.07) is 15.0. The molecule has 0 aromatic heterocycles. The van der Waals surface area contributed by atoms with Crippen LogP contribution in [0.1, 0.15) is 37.0 Å². The first-order chi connectivity index (χ1) is 14.0. The van der Waals surface area contributed by atoms with Gasteiger partial charge in [0.15, 0.2) is 5.96 Å². The van der Waals surface area contributed by atoms with E-state index in [0.717, 1.165) is 11.1 Å². The predicted octanol–water partition coefficient (Wildman–Crippen LogP) is 4.27. The molecule has 1 atom stereocenters. The van der Waals surface area contributed by atoms with Crippen molar-refractivity contribution < 1.29 is 9.90 Å². The average molecular weight is 545 g/mol. The number of aliphatic hydroxyl groups is 1. The van der Waals surface area contributed by atoms with Crippen molar-refractivity contribution in [2.75, 3.05) is 25.0 Å². The van der Waals surface area contributed by atoms with E-state index in [4.69, 9.17) is 11.6 Å². The summed E-state index contributed by atoms with van der Waals surface area (Å²) in [5.74, 6) is 0.493. The fraction of sp³-hybridized carbons (Fsp3) is 0.364. The molecule has 2 aromatic carbocycles. The molecule has 2 aromatic rings. The van der Waals surface area contributed by atoms with Gasteiger partial charge in [-0.15, -0.1) is 24.0 Å². The maximum absolute atomic E-state index is 12.1. The second-order valence-electron chi connectivity index (χ2n) is 6.68. The Morgan fingerprint density at radius 2 is 1.90 bits per heavy atom. The van der Waals surface area contributed by atoms with E-state index in [1.54, 1.807) is 6.07 Å². The highest BCUT2D eigenvalue weighted by Crippen LogP contribution is 2.22. The Labute approximate surface area is 200 Å². The Bertz CT molecular complexity index is 818. The average Bonchev–Trinajstić information content (AvgIpc) is 2.70. The Balaban J connectivity index is 0.00000450. The Kier molecular flexibility index (Phi) is 12.4. The third kappa shape index (κ3) is 9.32. The van der Waals surface area contributed by atoms with Crippen LogP contribution in [0.3, 0.4) is 0 Å². The molecule has 6 nitrogen and oxygen atoms in total. The van der Waals surface area contributed by atoms with Crippen molar-refractivity contribution in [2.45, 2.75) is 32.8 Å². The minimum atomic E-state index is -0.548. The standard InChI is InChI=1S/C22H29ClN4O2.HI/c1-3-24-22(25-13-11-20(28)17-7-5-4-6-8-17)26-14-12-21(29)27-19-10-9-16(2)15-18(19)23;/h4-10,15,20,28H,3,11-14H2,1-2H3,(H,27,29)(H2,24,25,26);1H. The van der Waals surface area contributed by atoms with E-state index in [9.17, 15) is 9.90 Å². The van der Waals surface area contributed by atoms with E-state index in [1.165, 1.54) is 0 Å². The Hall–Kier alpha value is -1.84. The molecule has 0 aliphatic rings. The number of nitrogens with zero attached hydrogens (tertiary/aromatic N) is 1. The highest BCUT2D eigenvalue weighted by Gasteiger charge is 2.08. The molecule has 30 heavy (non-hydrogen) atoms. The van der Waals surface area contributed by atoms with Crippen LogP contribution in [0.15, 0.2) is 53.5 Å². The molecule has 0 saturated heterocycles. The van der Waals surface area contributed by atoms with Gasteiger partial charge >= 0.3 is 0 Å². The number of benzene rings is 2. The number of aryl methyl sites for hydroxylation is 1. The molecule has 0 saturated carbocycles. The summed E-state index contributed by atoms with van der Waals surface area (Å²) >= 11 is 6.15. The zero-order valence-corrected chi connectivity index (χ0v) is 20.4. The van der Waals surface area contributed by atoms with Crippen LogP contribution in [0.2, 0.25) is 5.02 Å². The van der Waals surface area contributed by atoms with Crippen LogP contribution >= 0.6 is 35.6 Å². The van der Waals surface area contributed by atoms with Crippen LogP contribution in [-0.4, -0.2) is 36.6 Å². The van der Waals surface area contributed by atoms with Gasteiger partial charge in [-0.05, 0) is 43.5 Å². The zero-order valence-electron chi connectivity index (χ0n) is 17.3. The van der Waals surface area contributed by atoms with Crippen molar-refractivity contribution in [3.63, 3.8) is 0 Å². The third-order valence-corrected chi connectivity index (χ3v) is 4.56. The van der Waals surface area contributed by atoms with E-state index >= 15 is 0 Å². The third-order valence-electron chi connectivity index (χ3n) is 4.24. The Morgan fingerprint density at radius 1 is 1.17 bits per heavy atom. The van der Waals surface area contributed by atoms with Crippen molar-refractivity contribution in [2.24, 2.45) is 4.99 Å². The summed E-state index contributed by atoms with van der Waals surface area (Å²) in [5, 5.41) is 19.8. The second kappa shape index (κ2) is 14.2. The van der Waals surface area contributed by atoms with Gasteiger partial charge in [-0.3, -0.25) is 9.79 Å². The number of guanidine groups is 1. The lowest BCUT2D eigenvalue weighted by atomic mass is 10.1. The summed E-state index contributed by atoms with van der Waals surface area (Å²) in [5.41, 5.74) is 2.53. The first-order valence-corrected chi connectivity index (χ1v) is 10.2. The van der Waals surface area contributed by atoms with Crippen molar-refractivity contribution in [3.8, 4) is 0 Å².